The first-order valence-corrected chi connectivity index (χ1v) is 10.2. The van der Waals surface area contributed by atoms with Gasteiger partial charge in [0.1, 0.15) is 5.82 Å². The molecular formula is C21H23BrN4O. The number of nitrogens with zero attached hydrogens (tertiary/aromatic N) is 4. The average Bonchev–Trinajstić information content (AvgIpc) is 3.24. The van der Waals surface area contributed by atoms with Gasteiger partial charge in [0.2, 0.25) is 0 Å². The first-order chi connectivity index (χ1) is 13.0. The molecule has 140 valence electrons. The molecule has 4 rings (SSSR count). The number of hydrogen-bond donors (Lipinski definition) is 0. The summed E-state index contributed by atoms with van der Waals surface area (Å²) in [5, 5.41) is 5.04. The molecule has 1 aliphatic carbocycles. The summed E-state index contributed by atoms with van der Waals surface area (Å²) in [4.78, 5) is 17.4. The van der Waals surface area contributed by atoms with E-state index >= 15 is 0 Å². The van der Waals surface area contributed by atoms with E-state index in [1.54, 1.807) is 12.3 Å². The summed E-state index contributed by atoms with van der Waals surface area (Å²) in [5.74, 6) is 0.579. The minimum atomic E-state index is -0.153. The standard InChI is InChI=1S/C21H23BrN4O/c1-13-10-16(14(2)25(13)18-6-4-5-7-18)12-23-26-15(3)24-20-9-8-17(22)11-19(20)21(26)27/h8-12,18H,4-7H2,1-3H3. The second-order valence-corrected chi connectivity index (χ2v) is 8.23. The van der Waals surface area contributed by atoms with E-state index in [-0.39, 0.29) is 5.56 Å². The Morgan fingerprint density at radius 1 is 1.19 bits per heavy atom. The van der Waals surface area contributed by atoms with Crippen molar-refractivity contribution in [1.29, 1.82) is 0 Å². The third-order valence-electron chi connectivity index (χ3n) is 5.50. The summed E-state index contributed by atoms with van der Waals surface area (Å²) in [6, 6.07) is 8.28. The molecule has 1 saturated carbocycles. The first-order valence-electron chi connectivity index (χ1n) is 9.37. The lowest BCUT2D eigenvalue weighted by Gasteiger charge is -2.17. The van der Waals surface area contributed by atoms with E-state index in [9.17, 15) is 4.79 Å². The Morgan fingerprint density at radius 3 is 2.67 bits per heavy atom. The van der Waals surface area contributed by atoms with Crippen LogP contribution in [0, 0.1) is 20.8 Å². The van der Waals surface area contributed by atoms with Crippen LogP contribution in [0.3, 0.4) is 0 Å². The number of halogens is 1. The quantitative estimate of drug-likeness (QED) is 0.560. The number of fused-ring (bicyclic) bond motifs is 1. The van der Waals surface area contributed by atoms with Crippen molar-refractivity contribution in [3.63, 3.8) is 0 Å². The van der Waals surface area contributed by atoms with E-state index < -0.39 is 0 Å². The highest BCUT2D eigenvalue weighted by atomic mass is 79.9. The molecule has 0 saturated heterocycles. The molecule has 0 radical (unpaired) electrons. The normalized spacial score (nSPS) is 15.4. The topological polar surface area (TPSA) is 52.2 Å². The molecule has 2 aromatic heterocycles. The van der Waals surface area contributed by atoms with Crippen LogP contribution in [0.5, 0.6) is 0 Å². The molecule has 1 fully saturated rings. The Hall–Kier alpha value is -2.21. The fourth-order valence-corrected chi connectivity index (χ4v) is 4.53. The van der Waals surface area contributed by atoms with Gasteiger partial charge in [0.15, 0.2) is 0 Å². The molecule has 6 heteroatoms. The van der Waals surface area contributed by atoms with E-state index in [4.69, 9.17) is 0 Å². The fraction of sp³-hybridized carbons (Fsp3) is 0.381. The Morgan fingerprint density at radius 2 is 1.93 bits per heavy atom. The van der Waals surface area contributed by atoms with Gasteiger partial charge in [-0.05, 0) is 57.9 Å². The van der Waals surface area contributed by atoms with Crippen molar-refractivity contribution >= 4 is 33.0 Å². The van der Waals surface area contributed by atoms with Gasteiger partial charge in [-0.3, -0.25) is 4.79 Å². The van der Waals surface area contributed by atoms with Crippen LogP contribution >= 0.6 is 15.9 Å². The fourth-order valence-electron chi connectivity index (χ4n) is 4.17. The second-order valence-electron chi connectivity index (χ2n) is 7.32. The number of aromatic nitrogens is 3. The predicted octanol–water partition coefficient (Wildman–Crippen LogP) is 4.88. The SMILES string of the molecule is Cc1cc(C=Nn2c(C)nc3ccc(Br)cc3c2=O)c(C)n1C1CCCC1. The summed E-state index contributed by atoms with van der Waals surface area (Å²) in [6.07, 6.45) is 6.88. The zero-order valence-electron chi connectivity index (χ0n) is 15.9. The van der Waals surface area contributed by atoms with Crippen molar-refractivity contribution in [3.05, 3.63) is 61.9 Å². The van der Waals surface area contributed by atoms with Crippen LogP contribution in [-0.4, -0.2) is 20.4 Å². The average molecular weight is 427 g/mol. The van der Waals surface area contributed by atoms with Crippen molar-refractivity contribution in [2.24, 2.45) is 5.10 Å². The van der Waals surface area contributed by atoms with Crippen LogP contribution in [0.2, 0.25) is 0 Å². The molecule has 1 aliphatic rings. The Kier molecular flexibility index (Phi) is 4.76. The summed E-state index contributed by atoms with van der Waals surface area (Å²) in [7, 11) is 0. The van der Waals surface area contributed by atoms with Gasteiger partial charge in [0.25, 0.3) is 5.56 Å². The van der Waals surface area contributed by atoms with Crippen molar-refractivity contribution in [3.8, 4) is 0 Å². The van der Waals surface area contributed by atoms with Gasteiger partial charge in [-0.15, -0.1) is 0 Å². The third-order valence-corrected chi connectivity index (χ3v) is 5.99. The highest BCUT2D eigenvalue weighted by Gasteiger charge is 2.20. The third kappa shape index (κ3) is 3.27. The molecule has 5 nitrogen and oxygen atoms in total. The van der Waals surface area contributed by atoms with Gasteiger partial charge in [0, 0.05) is 27.5 Å². The molecular weight excluding hydrogens is 404 g/mol. The van der Waals surface area contributed by atoms with Crippen molar-refractivity contribution in [2.75, 3.05) is 0 Å². The van der Waals surface area contributed by atoms with Gasteiger partial charge in [-0.2, -0.15) is 9.78 Å². The van der Waals surface area contributed by atoms with E-state index in [0.29, 0.717) is 22.8 Å². The number of aryl methyl sites for hydroxylation is 2. The second kappa shape index (κ2) is 7.08. The van der Waals surface area contributed by atoms with Crippen LogP contribution in [0.4, 0.5) is 0 Å². The molecule has 2 heterocycles. The van der Waals surface area contributed by atoms with Gasteiger partial charge in [-0.1, -0.05) is 28.8 Å². The Balaban J connectivity index is 1.75. The van der Waals surface area contributed by atoms with Gasteiger partial charge >= 0.3 is 0 Å². The van der Waals surface area contributed by atoms with E-state index in [1.165, 1.54) is 41.7 Å². The molecule has 0 spiro atoms. The zero-order chi connectivity index (χ0) is 19.1. The van der Waals surface area contributed by atoms with Crippen LogP contribution in [0.15, 0.2) is 38.6 Å². The minimum absolute atomic E-state index is 0.153. The monoisotopic (exact) mass is 426 g/mol. The molecule has 0 N–H and O–H groups in total. The maximum Gasteiger partial charge on any atom is 0.282 e. The molecule has 27 heavy (non-hydrogen) atoms. The number of hydrogen-bond acceptors (Lipinski definition) is 3. The van der Waals surface area contributed by atoms with Crippen molar-refractivity contribution in [1.82, 2.24) is 14.2 Å². The molecule has 0 unspecified atom stereocenters. The molecule has 0 aliphatic heterocycles. The molecule has 0 bridgehead atoms. The van der Waals surface area contributed by atoms with Crippen LogP contribution in [0.1, 0.15) is 54.5 Å². The maximum absolute atomic E-state index is 12.9. The maximum atomic E-state index is 12.9. The van der Waals surface area contributed by atoms with E-state index in [2.05, 4.69) is 50.5 Å². The largest absolute Gasteiger partial charge is 0.345 e. The highest BCUT2D eigenvalue weighted by molar-refractivity contribution is 9.10. The summed E-state index contributed by atoms with van der Waals surface area (Å²) < 4.78 is 4.67. The van der Waals surface area contributed by atoms with Gasteiger partial charge in [0.05, 0.1) is 17.1 Å². The molecule has 1 aromatic carbocycles. The lowest BCUT2D eigenvalue weighted by Crippen LogP contribution is -2.20. The molecule has 0 atom stereocenters. The minimum Gasteiger partial charge on any atom is -0.345 e. The van der Waals surface area contributed by atoms with Crippen LogP contribution < -0.4 is 5.56 Å². The van der Waals surface area contributed by atoms with Crippen LogP contribution in [-0.2, 0) is 0 Å². The van der Waals surface area contributed by atoms with E-state index in [0.717, 1.165) is 10.0 Å². The Labute approximate surface area is 166 Å². The number of benzene rings is 1. The van der Waals surface area contributed by atoms with E-state index in [1.807, 2.05) is 19.1 Å². The lowest BCUT2D eigenvalue weighted by molar-refractivity contribution is 0.500. The molecule has 0 amide bonds. The first kappa shape index (κ1) is 18.2. The predicted molar refractivity (Wildman–Crippen MR) is 113 cm³/mol. The van der Waals surface area contributed by atoms with Gasteiger partial charge in [-0.25, -0.2) is 4.98 Å². The zero-order valence-corrected chi connectivity index (χ0v) is 17.5. The molecule has 3 aromatic rings. The van der Waals surface area contributed by atoms with Crippen molar-refractivity contribution in [2.45, 2.75) is 52.5 Å². The summed E-state index contributed by atoms with van der Waals surface area (Å²) in [6.45, 7) is 6.09. The number of rotatable bonds is 3. The smallest absolute Gasteiger partial charge is 0.282 e. The van der Waals surface area contributed by atoms with Crippen LogP contribution in [0.25, 0.3) is 10.9 Å². The van der Waals surface area contributed by atoms with Crippen molar-refractivity contribution < 1.29 is 0 Å². The lowest BCUT2D eigenvalue weighted by atomic mass is 10.2. The van der Waals surface area contributed by atoms with Gasteiger partial charge < -0.3 is 4.57 Å². The summed E-state index contributed by atoms with van der Waals surface area (Å²) >= 11 is 3.42. The summed E-state index contributed by atoms with van der Waals surface area (Å²) in [5.41, 5.74) is 4.06. The Bertz CT molecular complexity index is 1100. The highest BCUT2D eigenvalue weighted by Crippen LogP contribution is 2.33.